The number of fused-ring (bicyclic) bond motifs is 2. The maximum absolute atomic E-state index is 6.07. The summed E-state index contributed by atoms with van der Waals surface area (Å²) in [5, 5.41) is 0. The lowest BCUT2D eigenvalue weighted by molar-refractivity contribution is 0.297. The second-order valence-corrected chi connectivity index (χ2v) is 8.36. The van der Waals surface area contributed by atoms with Gasteiger partial charge in [0.05, 0.1) is 18.1 Å². The first kappa shape index (κ1) is 19.7. The van der Waals surface area contributed by atoms with Crippen molar-refractivity contribution < 1.29 is 9.15 Å². The Hall–Kier alpha value is -2.61. The second kappa shape index (κ2) is 8.41. The van der Waals surface area contributed by atoms with E-state index in [0.717, 1.165) is 48.7 Å². The van der Waals surface area contributed by atoms with Gasteiger partial charge in [0.15, 0.2) is 0 Å². The molecule has 0 saturated heterocycles. The van der Waals surface area contributed by atoms with Gasteiger partial charge < -0.3 is 4.74 Å². The SMILES string of the molecule is CC1=CC(C)=C2CCCC(C=CC=CC=C3CCCc4c(C)cc(C)[o+]c43)=C2O1. The summed E-state index contributed by atoms with van der Waals surface area (Å²) in [6.45, 7) is 8.45. The van der Waals surface area contributed by atoms with Crippen LogP contribution in [-0.2, 0) is 11.2 Å². The largest absolute Gasteiger partial charge is 0.461 e. The van der Waals surface area contributed by atoms with Gasteiger partial charge >= 0.3 is 11.5 Å². The van der Waals surface area contributed by atoms with Crippen LogP contribution in [0, 0.1) is 13.8 Å². The number of allylic oxidation sites excluding steroid dienone is 11. The van der Waals surface area contributed by atoms with E-state index in [-0.39, 0.29) is 0 Å². The van der Waals surface area contributed by atoms with Crippen molar-refractivity contribution in [3.05, 3.63) is 93.4 Å². The zero-order valence-corrected chi connectivity index (χ0v) is 18.1. The van der Waals surface area contributed by atoms with Crippen molar-refractivity contribution in [3.63, 3.8) is 0 Å². The molecule has 0 radical (unpaired) electrons. The molecule has 0 aromatic carbocycles. The van der Waals surface area contributed by atoms with Crippen LogP contribution in [0.25, 0.3) is 5.57 Å². The molecular formula is C27H31O2+. The van der Waals surface area contributed by atoms with Gasteiger partial charge in [-0.1, -0.05) is 24.3 Å². The first-order valence-electron chi connectivity index (χ1n) is 10.8. The Morgan fingerprint density at radius 2 is 1.76 bits per heavy atom. The molecule has 0 atom stereocenters. The number of ether oxygens (including phenoxy) is 1. The first-order valence-corrected chi connectivity index (χ1v) is 10.8. The van der Waals surface area contributed by atoms with Gasteiger partial charge in [0, 0.05) is 6.07 Å². The maximum atomic E-state index is 6.07. The Morgan fingerprint density at radius 3 is 2.62 bits per heavy atom. The highest BCUT2D eigenvalue weighted by Gasteiger charge is 2.27. The molecule has 3 aliphatic rings. The van der Waals surface area contributed by atoms with Gasteiger partial charge in [-0.25, -0.2) is 4.42 Å². The van der Waals surface area contributed by atoms with Crippen molar-refractivity contribution in [3.8, 4) is 0 Å². The van der Waals surface area contributed by atoms with E-state index in [1.807, 2.05) is 13.8 Å². The molecule has 0 N–H and O–H groups in total. The molecule has 150 valence electrons. The number of rotatable bonds is 3. The number of hydrogen-bond acceptors (Lipinski definition) is 1. The topological polar surface area (TPSA) is 20.5 Å². The summed E-state index contributed by atoms with van der Waals surface area (Å²) in [7, 11) is 0. The molecule has 0 amide bonds. The van der Waals surface area contributed by atoms with Crippen LogP contribution >= 0.6 is 0 Å². The fraction of sp³-hybridized carbons (Fsp3) is 0.370. The van der Waals surface area contributed by atoms with Gasteiger partial charge in [-0.3, -0.25) is 0 Å². The van der Waals surface area contributed by atoms with Gasteiger partial charge in [-0.2, -0.15) is 0 Å². The molecule has 1 aliphatic heterocycles. The molecule has 2 aliphatic carbocycles. The predicted molar refractivity (Wildman–Crippen MR) is 120 cm³/mol. The van der Waals surface area contributed by atoms with Gasteiger partial charge in [0.25, 0.3) is 0 Å². The Bertz CT molecular complexity index is 1010. The van der Waals surface area contributed by atoms with Crippen LogP contribution in [0.15, 0.2) is 75.2 Å². The van der Waals surface area contributed by atoms with Crippen molar-refractivity contribution in [2.24, 2.45) is 0 Å². The molecule has 1 aromatic rings. The van der Waals surface area contributed by atoms with Crippen LogP contribution in [0.1, 0.15) is 68.6 Å². The highest BCUT2D eigenvalue weighted by Crippen LogP contribution is 2.38. The average molecular weight is 388 g/mol. The summed E-state index contributed by atoms with van der Waals surface area (Å²) >= 11 is 0. The van der Waals surface area contributed by atoms with Gasteiger partial charge in [-0.15, -0.1) is 0 Å². The van der Waals surface area contributed by atoms with Crippen molar-refractivity contribution in [2.45, 2.75) is 66.2 Å². The molecule has 2 heterocycles. The van der Waals surface area contributed by atoms with E-state index in [4.69, 9.17) is 9.15 Å². The van der Waals surface area contributed by atoms with E-state index in [1.165, 1.54) is 46.3 Å². The standard InChI is InChI=1S/C27H31O2/c1-18-16-20(3)28-26-22(12-8-14-24(18)26)10-6-5-7-11-23-13-9-15-25-19(2)17-21(4)29-27(23)25/h5-7,10-11,16-17H,8-9,12-15H2,1-4H3/q+1. The molecule has 4 rings (SSSR count). The minimum Gasteiger partial charge on any atom is -0.461 e. The van der Waals surface area contributed by atoms with Crippen LogP contribution in [0.5, 0.6) is 0 Å². The molecule has 2 nitrogen and oxygen atoms in total. The maximum Gasteiger partial charge on any atom is 0.359 e. The van der Waals surface area contributed by atoms with Crippen molar-refractivity contribution in [2.75, 3.05) is 0 Å². The zero-order chi connectivity index (χ0) is 20.4. The zero-order valence-electron chi connectivity index (χ0n) is 18.1. The Morgan fingerprint density at radius 1 is 0.931 bits per heavy atom. The quantitative estimate of drug-likeness (QED) is 0.391. The van der Waals surface area contributed by atoms with E-state index in [9.17, 15) is 0 Å². The van der Waals surface area contributed by atoms with Crippen molar-refractivity contribution in [1.82, 2.24) is 0 Å². The monoisotopic (exact) mass is 387 g/mol. The highest BCUT2D eigenvalue weighted by atomic mass is 16.5. The van der Waals surface area contributed by atoms with Gasteiger partial charge in [0.1, 0.15) is 11.5 Å². The van der Waals surface area contributed by atoms with Gasteiger partial charge in [0.2, 0.25) is 0 Å². The van der Waals surface area contributed by atoms with E-state index in [2.05, 4.69) is 56.4 Å². The van der Waals surface area contributed by atoms with Crippen LogP contribution in [-0.4, -0.2) is 0 Å². The molecular weight excluding hydrogens is 356 g/mol. The molecule has 0 saturated carbocycles. The third-order valence-electron chi connectivity index (χ3n) is 6.01. The van der Waals surface area contributed by atoms with Crippen LogP contribution in [0.2, 0.25) is 0 Å². The summed E-state index contributed by atoms with van der Waals surface area (Å²) in [6, 6.07) is 2.15. The van der Waals surface area contributed by atoms with Crippen LogP contribution in [0.4, 0.5) is 0 Å². The lowest BCUT2D eigenvalue weighted by Crippen LogP contribution is -2.10. The average Bonchev–Trinajstić information content (AvgIpc) is 2.68. The van der Waals surface area contributed by atoms with Crippen LogP contribution < -0.4 is 0 Å². The fourth-order valence-corrected chi connectivity index (χ4v) is 4.65. The smallest absolute Gasteiger partial charge is 0.359 e. The van der Waals surface area contributed by atoms with E-state index in [1.54, 1.807) is 0 Å². The van der Waals surface area contributed by atoms with Crippen LogP contribution in [0.3, 0.4) is 0 Å². The minimum atomic E-state index is 0.986. The lowest BCUT2D eigenvalue weighted by atomic mass is 9.88. The van der Waals surface area contributed by atoms with E-state index >= 15 is 0 Å². The number of hydrogen-bond donors (Lipinski definition) is 0. The molecule has 1 aromatic heterocycles. The summed E-state index contributed by atoms with van der Waals surface area (Å²) in [5.74, 6) is 4.14. The number of aryl methyl sites for hydroxylation is 2. The Balaban J connectivity index is 1.53. The molecule has 0 spiro atoms. The molecule has 29 heavy (non-hydrogen) atoms. The lowest BCUT2D eigenvalue weighted by Gasteiger charge is -2.26. The summed E-state index contributed by atoms with van der Waals surface area (Å²) in [4.78, 5) is 0. The van der Waals surface area contributed by atoms with Crippen molar-refractivity contribution >= 4 is 5.57 Å². The van der Waals surface area contributed by atoms with Gasteiger partial charge in [-0.05, 0) is 93.7 Å². The van der Waals surface area contributed by atoms with E-state index in [0.29, 0.717) is 0 Å². The summed E-state index contributed by atoms with van der Waals surface area (Å²) in [5.41, 5.74) is 8.05. The molecule has 2 heteroatoms. The second-order valence-electron chi connectivity index (χ2n) is 8.36. The molecule has 0 unspecified atom stereocenters. The van der Waals surface area contributed by atoms with E-state index < -0.39 is 0 Å². The summed E-state index contributed by atoms with van der Waals surface area (Å²) < 4.78 is 12.1. The minimum absolute atomic E-state index is 0.986. The first-order chi connectivity index (χ1) is 14.0. The molecule has 0 fully saturated rings. The Labute approximate surface area is 174 Å². The third-order valence-corrected chi connectivity index (χ3v) is 6.01. The summed E-state index contributed by atoms with van der Waals surface area (Å²) in [6.07, 6.45) is 19.7. The highest BCUT2D eigenvalue weighted by molar-refractivity contribution is 5.68. The normalized spacial score (nSPS) is 21.0. The third kappa shape index (κ3) is 4.22. The fourth-order valence-electron chi connectivity index (χ4n) is 4.65. The predicted octanol–water partition coefficient (Wildman–Crippen LogP) is 7.70. The Kier molecular flexibility index (Phi) is 5.71. The van der Waals surface area contributed by atoms with Crippen molar-refractivity contribution in [1.29, 1.82) is 0 Å². The molecule has 0 bridgehead atoms.